The fourth-order valence-electron chi connectivity index (χ4n) is 3.08. The second-order valence-electron chi connectivity index (χ2n) is 6.45. The summed E-state index contributed by atoms with van der Waals surface area (Å²) in [4.78, 5) is 3.48. The molecule has 0 aliphatic rings. The Morgan fingerprint density at radius 2 is 2.00 bits per heavy atom. The van der Waals surface area contributed by atoms with Gasteiger partial charge >= 0.3 is 0 Å². The predicted octanol–water partition coefficient (Wildman–Crippen LogP) is 5.75. The lowest BCUT2D eigenvalue weighted by molar-refractivity contribution is 0.464. The summed E-state index contributed by atoms with van der Waals surface area (Å²) in [5.74, 6) is 0.842. The van der Waals surface area contributed by atoms with Crippen molar-refractivity contribution in [1.29, 1.82) is 0 Å². The summed E-state index contributed by atoms with van der Waals surface area (Å²) in [6, 6.07) is 12.7. The summed E-state index contributed by atoms with van der Waals surface area (Å²) in [7, 11) is 0. The highest BCUT2D eigenvalue weighted by atomic mass is 32.1. The number of halogens is 1. The summed E-state index contributed by atoms with van der Waals surface area (Å²) in [5.41, 5.74) is 2.25. The Kier molecular flexibility index (Phi) is 5.66. The second kappa shape index (κ2) is 8.34. The van der Waals surface area contributed by atoms with Crippen molar-refractivity contribution in [3.63, 3.8) is 0 Å². The van der Waals surface area contributed by atoms with Gasteiger partial charge in [-0.05, 0) is 54.1 Å². The van der Waals surface area contributed by atoms with Crippen molar-refractivity contribution in [3.8, 4) is 10.8 Å². The Morgan fingerprint density at radius 3 is 2.68 bits per heavy atom. The van der Waals surface area contributed by atoms with Crippen molar-refractivity contribution in [2.45, 2.75) is 32.9 Å². The summed E-state index contributed by atoms with van der Waals surface area (Å²) < 4.78 is 19.2. The van der Waals surface area contributed by atoms with Gasteiger partial charge in [0.15, 0.2) is 0 Å². The lowest BCUT2D eigenvalue weighted by atomic mass is 10.1. The van der Waals surface area contributed by atoms with E-state index >= 15 is 0 Å². The molecule has 1 atom stereocenters. The Balaban J connectivity index is 1.51. The molecule has 0 radical (unpaired) electrons. The van der Waals surface area contributed by atoms with Gasteiger partial charge in [0.25, 0.3) is 5.89 Å². The molecule has 0 saturated carbocycles. The number of nitrogens with zero attached hydrogens (tertiary/aromatic N) is 2. The average Bonchev–Trinajstić information content (AvgIpc) is 3.44. The number of benzene rings is 1. The van der Waals surface area contributed by atoms with E-state index in [1.807, 2.05) is 11.4 Å². The lowest BCUT2D eigenvalue weighted by Gasteiger charge is -2.17. The predicted molar refractivity (Wildman–Crippen MR) is 111 cm³/mol. The number of nitrogens with one attached hydrogen (secondary N) is 1. The minimum absolute atomic E-state index is 0.0633. The third-order valence-corrected chi connectivity index (χ3v) is 6.81. The molecule has 28 heavy (non-hydrogen) atoms. The van der Waals surface area contributed by atoms with Crippen molar-refractivity contribution in [2.24, 2.45) is 0 Å². The van der Waals surface area contributed by atoms with Crippen LogP contribution in [0, 0.1) is 12.7 Å². The van der Waals surface area contributed by atoms with Crippen LogP contribution in [0.3, 0.4) is 0 Å². The number of aryl methyl sites for hydroxylation is 2. The first-order chi connectivity index (χ1) is 13.6. The van der Waals surface area contributed by atoms with Crippen LogP contribution in [0.1, 0.15) is 39.7 Å². The minimum Gasteiger partial charge on any atom is -0.419 e. The largest absolute Gasteiger partial charge is 0.419 e. The summed E-state index contributed by atoms with van der Waals surface area (Å²) in [6.07, 6.45) is 0.999. The second-order valence-corrected chi connectivity index (χ2v) is 8.57. The standard InChI is InChI=1S/C21H20FN3OS2/c1-3-16-13(2)11-18(28-16)21-25-24-19(26-21)12-23-20(17-5-4-10-27-17)14-6-8-15(22)9-7-14/h4-11,20,23H,3,12H2,1-2H3/t20-/m1/s1. The quantitative estimate of drug-likeness (QED) is 0.419. The maximum Gasteiger partial charge on any atom is 0.257 e. The van der Waals surface area contributed by atoms with Crippen LogP contribution in [-0.2, 0) is 13.0 Å². The van der Waals surface area contributed by atoms with Crippen LogP contribution in [0.4, 0.5) is 4.39 Å². The molecule has 0 aliphatic carbocycles. The molecule has 0 spiro atoms. The molecule has 4 rings (SSSR count). The van der Waals surface area contributed by atoms with Crippen molar-refractivity contribution in [1.82, 2.24) is 15.5 Å². The van der Waals surface area contributed by atoms with E-state index < -0.39 is 0 Å². The van der Waals surface area contributed by atoms with Crippen LogP contribution in [0.2, 0.25) is 0 Å². The number of rotatable bonds is 7. The molecule has 0 amide bonds. The Morgan fingerprint density at radius 1 is 1.18 bits per heavy atom. The zero-order chi connectivity index (χ0) is 19.5. The Labute approximate surface area is 171 Å². The van der Waals surface area contributed by atoms with E-state index in [2.05, 4.69) is 41.5 Å². The molecular weight excluding hydrogens is 393 g/mol. The summed E-state index contributed by atoms with van der Waals surface area (Å²) in [5, 5.41) is 13.9. The number of aromatic nitrogens is 2. The van der Waals surface area contributed by atoms with Crippen LogP contribution < -0.4 is 5.32 Å². The third-order valence-electron chi connectivity index (χ3n) is 4.51. The molecule has 0 fully saturated rings. The molecule has 1 N–H and O–H groups in total. The third kappa shape index (κ3) is 4.06. The topological polar surface area (TPSA) is 51.0 Å². The number of hydrogen-bond acceptors (Lipinski definition) is 6. The Hall–Kier alpha value is -2.35. The molecule has 7 heteroatoms. The molecule has 0 bridgehead atoms. The van der Waals surface area contributed by atoms with E-state index in [4.69, 9.17) is 4.42 Å². The minimum atomic E-state index is -0.243. The van der Waals surface area contributed by atoms with E-state index in [1.54, 1.807) is 34.8 Å². The van der Waals surface area contributed by atoms with Gasteiger partial charge in [0.1, 0.15) is 5.82 Å². The fraction of sp³-hybridized carbons (Fsp3) is 0.238. The molecule has 3 heterocycles. The van der Waals surface area contributed by atoms with Gasteiger partial charge in [-0.3, -0.25) is 5.32 Å². The van der Waals surface area contributed by atoms with Crippen LogP contribution in [0.15, 0.2) is 52.3 Å². The van der Waals surface area contributed by atoms with Crippen LogP contribution >= 0.6 is 22.7 Å². The average molecular weight is 414 g/mol. The van der Waals surface area contributed by atoms with Gasteiger partial charge in [-0.2, -0.15) is 0 Å². The van der Waals surface area contributed by atoms with Gasteiger partial charge in [-0.25, -0.2) is 4.39 Å². The molecule has 3 aromatic heterocycles. The van der Waals surface area contributed by atoms with E-state index in [0.29, 0.717) is 18.3 Å². The first-order valence-electron chi connectivity index (χ1n) is 9.08. The van der Waals surface area contributed by atoms with Gasteiger partial charge in [-0.1, -0.05) is 25.1 Å². The monoisotopic (exact) mass is 413 g/mol. The van der Waals surface area contributed by atoms with Crippen LogP contribution in [-0.4, -0.2) is 10.2 Å². The van der Waals surface area contributed by atoms with Crippen LogP contribution in [0.25, 0.3) is 10.8 Å². The summed E-state index contributed by atoms with van der Waals surface area (Å²) >= 11 is 3.35. The normalized spacial score (nSPS) is 12.4. The molecule has 144 valence electrons. The molecule has 0 aliphatic heterocycles. The molecule has 4 aromatic rings. The highest BCUT2D eigenvalue weighted by Gasteiger charge is 2.18. The first kappa shape index (κ1) is 19.0. The molecular formula is C21H20FN3OS2. The van der Waals surface area contributed by atoms with Gasteiger partial charge in [-0.15, -0.1) is 32.9 Å². The van der Waals surface area contributed by atoms with E-state index in [-0.39, 0.29) is 11.9 Å². The maximum atomic E-state index is 13.3. The van der Waals surface area contributed by atoms with Crippen LogP contribution in [0.5, 0.6) is 0 Å². The SMILES string of the molecule is CCc1sc(-c2nnc(CN[C@H](c3ccc(F)cc3)c3cccs3)o2)cc1C. The van der Waals surface area contributed by atoms with E-state index in [9.17, 15) is 4.39 Å². The number of thiophene rings is 2. The first-order valence-corrected chi connectivity index (χ1v) is 10.8. The van der Waals surface area contributed by atoms with Crippen molar-refractivity contribution >= 4 is 22.7 Å². The van der Waals surface area contributed by atoms with Gasteiger partial charge in [0.05, 0.1) is 17.5 Å². The number of hydrogen-bond donors (Lipinski definition) is 1. The van der Waals surface area contributed by atoms with Gasteiger partial charge < -0.3 is 4.42 Å². The zero-order valence-electron chi connectivity index (χ0n) is 15.6. The summed E-state index contributed by atoms with van der Waals surface area (Å²) in [6.45, 7) is 4.68. The molecule has 1 aromatic carbocycles. The fourth-order valence-corrected chi connectivity index (χ4v) is 4.95. The van der Waals surface area contributed by atoms with E-state index in [1.165, 1.54) is 22.6 Å². The smallest absolute Gasteiger partial charge is 0.257 e. The Bertz CT molecular complexity index is 1040. The van der Waals surface area contributed by atoms with Crippen molar-refractivity contribution < 1.29 is 8.81 Å². The molecule has 0 saturated heterocycles. The zero-order valence-corrected chi connectivity index (χ0v) is 17.2. The lowest BCUT2D eigenvalue weighted by Crippen LogP contribution is -2.21. The van der Waals surface area contributed by atoms with Gasteiger partial charge in [0, 0.05) is 9.75 Å². The highest BCUT2D eigenvalue weighted by molar-refractivity contribution is 7.15. The van der Waals surface area contributed by atoms with Gasteiger partial charge in [0.2, 0.25) is 5.89 Å². The highest BCUT2D eigenvalue weighted by Crippen LogP contribution is 2.31. The molecule has 0 unspecified atom stereocenters. The molecule has 4 nitrogen and oxygen atoms in total. The van der Waals surface area contributed by atoms with Crippen molar-refractivity contribution in [3.05, 3.63) is 80.4 Å². The van der Waals surface area contributed by atoms with Crippen molar-refractivity contribution in [2.75, 3.05) is 0 Å². The van der Waals surface area contributed by atoms with E-state index in [0.717, 1.165) is 21.7 Å². The maximum absolute atomic E-state index is 13.3.